The van der Waals surface area contributed by atoms with Gasteiger partial charge in [-0.15, -0.1) is 0 Å². The highest BCUT2D eigenvalue weighted by molar-refractivity contribution is 6.30. The molecule has 0 radical (unpaired) electrons. The molecule has 1 amide bonds. The molecule has 2 rings (SSSR count). The Hall–Kier alpha value is -2.03. The number of hydrogen-bond acceptors (Lipinski definition) is 4. The summed E-state index contributed by atoms with van der Waals surface area (Å²) >= 11 is 5.83. The number of hydrogen-bond donors (Lipinski definition) is 1. The third kappa shape index (κ3) is 4.72. The van der Waals surface area contributed by atoms with Crippen LogP contribution in [0.25, 0.3) is 0 Å². The molecule has 1 aromatic carbocycles. The number of amides is 1. The van der Waals surface area contributed by atoms with Gasteiger partial charge in [0.2, 0.25) is 0 Å². The number of rotatable bonds is 4. The number of carbonyl (C=O) groups is 1. The zero-order valence-electron chi connectivity index (χ0n) is 13.4. The zero-order chi connectivity index (χ0) is 16.8. The largest absolute Gasteiger partial charge is 0.360 e. The molecule has 23 heavy (non-hydrogen) atoms. The van der Waals surface area contributed by atoms with Gasteiger partial charge in [0, 0.05) is 30.0 Å². The molecule has 0 atom stereocenters. The molecule has 1 fully saturated rings. The van der Waals surface area contributed by atoms with Crippen molar-refractivity contribution in [2.24, 2.45) is 0 Å². The van der Waals surface area contributed by atoms with Crippen molar-refractivity contribution >= 4 is 23.2 Å². The van der Waals surface area contributed by atoms with Gasteiger partial charge in [-0.2, -0.15) is 5.26 Å². The van der Waals surface area contributed by atoms with Crippen molar-refractivity contribution in [1.82, 2.24) is 9.80 Å². The Morgan fingerprint density at radius 1 is 1.39 bits per heavy atom. The molecule has 122 valence electrons. The summed E-state index contributed by atoms with van der Waals surface area (Å²) in [5.41, 5.74) is 0.873. The molecule has 1 aromatic rings. The van der Waals surface area contributed by atoms with Crippen LogP contribution in [-0.2, 0) is 4.79 Å². The van der Waals surface area contributed by atoms with Crippen LogP contribution < -0.4 is 5.32 Å². The van der Waals surface area contributed by atoms with E-state index >= 15 is 0 Å². The summed E-state index contributed by atoms with van der Waals surface area (Å²) in [6, 6.07) is 9.24. The lowest BCUT2D eigenvalue weighted by atomic mass is 10.0. The standard InChI is InChI=1S/C17H21ClN4O/c1-21-9-7-16(8-10-21)22(2)17(23)13(11-19)12-20-15-5-3-14(18)4-6-15/h3-6,12,16,20H,7-10H2,1-2H3/b13-12-. The molecule has 0 saturated carbocycles. The number of likely N-dealkylation sites (N-methyl/N-ethyl adjacent to an activating group) is 1. The van der Waals surface area contributed by atoms with Gasteiger partial charge in [0.1, 0.15) is 11.6 Å². The number of nitriles is 1. The summed E-state index contributed by atoms with van der Waals surface area (Å²) in [5, 5.41) is 12.9. The lowest BCUT2D eigenvalue weighted by Gasteiger charge is -2.34. The highest BCUT2D eigenvalue weighted by atomic mass is 35.5. The molecule has 1 saturated heterocycles. The van der Waals surface area contributed by atoms with E-state index < -0.39 is 0 Å². The van der Waals surface area contributed by atoms with E-state index in [9.17, 15) is 10.1 Å². The summed E-state index contributed by atoms with van der Waals surface area (Å²) < 4.78 is 0. The van der Waals surface area contributed by atoms with Crippen LogP contribution in [-0.4, -0.2) is 48.9 Å². The highest BCUT2D eigenvalue weighted by Gasteiger charge is 2.25. The molecule has 0 spiro atoms. The van der Waals surface area contributed by atoms with Gasteiger partial charge in [0.15, 0.2) is 0 Å². The van der Waals surface area contributed by atoms with E-state index in [-0.39, 0.29) is 17.5 Å². The maximum atomic E-state index is 12.5. The van der Waals surface area contributed by atoms with Crippen LogP contribution in [0.5, 0.6) is 0 Å². The van der Waals surface area contributed by atoms with E-state index in [2.05, 4.69) is 17.3 Å². The molecule has 1 N–H and O–H groups in total. The molecular formula is C17H21ClN4O. The summed E-state index contributed by atoms with van der Waals surface area (Å²) in [6.07, 6.45) is 3.32. The van der Waals surface area contributed by atoms with Crippen molar-refractivity contribution in [1.29, 1.82) is 5.26 Å². The molecule has 0 bridgehead atoms. The highest BCUT2D eigenvalue weighted by Crippen LogP contribution is 2.17. The average Bonchev–Trinajstić information content (AvgIpc) is 2.57. The molecule has 6 heteroatoms. The number of anilines is 1. The van der Waals surface area contributed by atoms with Crippen LogP contribution in [0.15, 0.2) is 36.0 Å². The first-order valence-corrected chi connectivity index (χ1v) is 7.97. The normalized spacial score (nSPS) is 16.7. The van der Waals surface area contributed by atoms with Crippen molar-refractivity contribution in [3.05, 3.63) is 41.1 Å². The SMILES string of the molecule is CN1CCC(N(C)C(=O)/C(C#N)=C\Nc2ccc(Cl)cc2)CC1. The fraction of sp³-hybridized carbons (Fsp3) is 0.412. The molecule has 0 aliphatic carbocycles. The predicted octanol–water partition coefficient (Wildman–Crippen LogP) is 2.71. The first-order chi connectivity index (χ1) is 11.0. The van der Waals surface area contributed by atoms with Crippen molar-refractivity contribution in [3.8, 4) is 6.07 Å². The van der Waals surface area contributed by atoms with Crippen LogP contribution >= 0.6 is 11.6 Å². The summed E-state index contributed by atoms with van der Waals surface area (Å²) in [5.74, 6) is -0.247. The minimum atomic E-state index is -0.247. The van der Waals surface area contributed by atoms with E-state index in [1.165, 1.54) is 6.20 Å². The third-order valence-electron chi connectivity index (χ3n) is 4.13. The van der Waals surface area contributed by atoms with E-state index in [0.29, 0.717) is 5.02 Å². The number of benzene rings is 1. The smallest absolute Gasteiger partial charge is 0.266 e. The van der Waals surface area contributed by atoms with Gasteiger partial charge in [0.05, 0.1) is 0 Å². The molecule has 5 nitrogen and oxygen atoms in total. The van der Waals surface area contributed by atoms with Crippen LogP contribution in [0.1, 0.15) is 12.8 Å². The molecule has 1 aliphatic rings. The zero-order valence-corrected chi connectivity index (χ0v) is 14.2. The van der Waals surface area contributed by atoms with Crippen LogP contribution in [0.3, 0.4) is 0 Å². The van der Waals surface area contributed by atoms with Crippen LogP contribution in [0.4, 0.5) is 5.69 Å². The average molecular weight is 333 g/mol. The van der Waals surface area contributed by atoms with Gasteiger partial charge in [-0.1, -0.05) is 11.6 Å². The first-order valence-electron chi connectivity index (χ1n) is 7.59. The van der Waals surface area contributed by atoms with Crippen LogP contribution in [0.2, 0.25) is 5.02 Å². The second-order valence-corrected chi connectivity index (χ2v) is 6.21. The van der Waals surface area contributed by atoms with Gasteiger partial charge in [0.25, 0.3) is 5.91 Å². The molecule has 0 aromatic heterocycles. The fourth-order valence-electron chi connectivity index (χ4n) is 2.58. The van der Waals surface area contributed by atoms with E-state index in [1.54, 1.807) is 36.2 Å². The van der Waals surface area contributed by atoms with Crippen molar-refractivity contribution in [2.75, 3.05) is 32.5 Å². The van der Waals surface area contributed by atoms with Gasteiger partial charge in [-0.05, 0) is 57.2 Å². The maximum absolute atomic E-state index is 12.5. The van der Waals surface area contributed by atoms with E-state index in [1.807, 2.05) is 6.07 Å². The predicted molar refractivity (Wildman–Crippen MR) is 92.1 cm³/mol. The van der Waals surface area contributed by atoms with E-state index in [4.69, 9.17) is 11.6 Å². The lowest BCUT2D eigenvalue weighted by Crippen LogP contribution is -2.44. The summed E-state index contributed by atoms with van der Waals surface area (Å²) in [7, 11) is 3.85. The number of nitrogens with zero attached hydrogens (tertiary/aromatic N) is 3. The van der Waals surface area contributed by atoms with Crippen molar-refractivity contribution in [3.63, 3.8) is 0 Å². The van der Waals surface area contributed by atoms with Crippen molar-refractivity contribution in [2.45, 2.75) is 18.9 Å². The molecule has 1 aliphatic heterocycles. The van der Waals surface area contributed by atoms with Gasteiger partial charge >= 0.3 is 0 Å². The second-order valence-electron chi connectivity index (χ2n) is 5.77. The summed E-state index contributed by atoms with van der Waals surface area (Å²) in [6.45, 7) is 1.94. The number of halogens is 1. The fourth-order valence-corrected chi connectivity index (χ4v) is 2.71. The number of nitrogens with one attached hydrogen (secondary N) is 1. The Morgan fingerprint density at radius 3 is 2.57 bits per heavy atom. The number of piperidine rings is 1. The lowest BCUT2D eigenvalue weighted by molar-refractivity contribution is -0.128. The molecule has 0 unspecified atom stereocenters. The Kier molecular flexibility index (Phi) is 6.03. The quantitative estimate of drug-likeness (QED) is 0.680. The minimum Gasteiger partial charge on any atom is -0.360 e. The Bertz CT molecular complexity index is 612. The minimum absolute atomic E-state index is 0.0985. The number of likely N-dealkylation sites (tertiary alicyclic amines) is 1. The number of carbonyl (C=O) groups excluding carboxylic acids is 1. The second kappa shape index (κ2) is 8.00. The van der Waals surface area contributed by atoms with Gasteiger partial charge in [-0.3, -0.25) is 4.79 Å². The van der Waals surface area contributed by atoms with Crippen LogP contribution in [0, 0.1) is 11.3 Å². The molecular weight excluding hydrogens is 312 g/mol. The summed E-state index contributed by atoms with van der Waals surface area (Å²) in [4.78, 5) is 16.4. The topological polar surface area (TPSA) is 59.4 Å². The van der Waals surface area contributed by atoms with Gasteiger partial charge < -0.3 is 15.1 Å². The maximum Gasteiger partial charge on any atom is 0.266 e. The van der Waals surface area contributed by atoms with E-state index in [0.717, 1.165) is 31.6 Å². The van der Waals surface area contributed by atoms with Gasteiger partial charge in [-0.25, -0.2) is 0 Å². The molecule has 1 heterocycles. The third-order valence-corrected chi connectivity index (χ3v) is 4.39. The monoisotopic (exact) mass is 332 g/mol. The Balaban J connectivity index is 2.01. The Morgan fingerprint density at radius 2 is 2.00 bits per heavy atom. The first kappa shape index (κ1) is 17.3. The van der Waals surface area contributed by atoms with Crippen molar-refractivity contribution < 1.29 is 4.79 Å². The Labute approximate surface area is 142 Å².